The van der Waals surface area contributed by atoms with Crippen molar-refractivity contribution in [2.75, 3.05) is 24.2 Å². The highest BCUT2D eigenvalue weighted by atomic mass is 127. The van der Waals surface area contributed by atoms with Crippen LogP contribution in [-0.2, 0) is 0 Å². The predicted octanol–water partition coefficient (Wildman–Crippen LogP) is 4.46. The van der Waals surface area contributed by atoms with Gasteiger partial charge in [-0.3, -0.25) is 0 Å². The van der Waals surface area contributed by atoms with E-state index in [1.165, 1.54) is 11.8 Å². The molecule has 5 nitrogen and oxygen atoms in total. The molecule has 1 aromatic heterocycles. The molecule has 1 heterocycles. The SMILES string of the molecule is CCCCN(CCCC)c1nc(Cl)cc(N=C(N)SC)n1.I. The largest absolute Gasteiger partial charge is 0.378 e. The maximum Gasteiger partial charge on any atom is 0.228 e. The van der Waals surface area contributed by atoms with E-state index < -0.39 is 0 Å². The molecule has 0 aromatic carbocycles. The van der Waals surface area contributed by atoms with Crippen LogP contribution in [0.3, 0.4) is 0 Å². The van der Waals surface area contributed by atoms with Gasteiger partial charge in [-0.1, -0.05) is 50.1 Å². The first-order valence-corrected chi connectivity index (χ1v) is 8.88. The zero-order valence-electron chi connectivity index (χ0n) is 13.4. The Balaban J connectivity index is 0.00000441. The first-order valence-electron chi connectivity index (χ1n) is 7.28. The molecule has 0 radical (unpaired) electrons. The number of amidine groups is 1. The maximum absolute atomic E-state index is 6.09. The topological polar surface area (TPSA) is 67.4 Å². The van der Waals surface area contributed by atoms with Crippen LogP contribution >= 0.6 is 47.3 Å². The highest BCUT2D eigenvalue weighted by molar-refractivity contribution is 14.0. The Labute approximate surface area is 159 Å². The molecule has 0 bridgehead atoms. The van der Waals surface area contributed by atoms with Crippen molar-refractivity contribution in [2.45, 2.75) is 39.5 Å². The van der Waals surface area contributed by atoms with Gasteiger partial charge in [0, 0.05) is 19.2 Å². The zero-order valence-corrected chi connectivity index (χ0v) is 17.3. The third-order valence-electron chi connectivity index (χ3n) is 2.95. The van der Waals surface area contributed by atoms with Crippen molar-refractivity contribution >= 4 is 64.3 Å². The van der Waals surface area contributed by atoms with Crippen molar-refractivity contribution < 1.29 is 0 Å². The van der Waals surface area contributed by atoms with Crippen LogP contribution in [0, 0.1) is 0 Å². The third-order valence-corrected chi connectivity index (χ3v) is 3.65. The van der Waals surface area contributed by atoms with Gasteiger partial charge in [0.15, 0.2) is 11.0 Å². The van der Waals surface area contributed by atoms with E-state index in [9.17, 15) is 0 Å². The minimum absolute atomic E-state index is 0. The molecule has 0 aliphatic heterocycles. The Bertz CT molecular complexity index is 465. The van der Waals surface area contributed by atoms with Gasteiger partial charge in [0.1, 0.15) is 5.15 Å². The summed E-state index contributed by atoms with van der Waals surface area (Å²) in [4.78, 5) is 15.2. The van der Waals surface area contributed by atoms with Gasteiger partial charge in [-0.15, -0.1) is 24.0 Å². The Morgan fingerprint density at radius 1 is 1.27 bits per heavy atom. The Morgan fingerprint density at radius 3 is 2.36 bits per heavy atom. The van der Waals surface area contributed by atoms with Crippen LogP contribution in [0.15, 0.2) is 11.1 Å². The van der Waals surface area contributed by atoms with E-state index in [1.807, 2.05) is 6.26 Å². The van der Waals surface area contributed by atoms with E-state index in [-0.39, 0.29) is 24.0 Å². The van der Waals surface area contributed by atoms with Gasteiger partial charge < -0.3 is 10.6 Å². The number of nitrogens with two attached hydrogens (primary N) is 1. The summed E-state index contributed by atoms with van der Waals surface area (Å²) in [7, 11) is 0. The van der Waals surface area contributed by atoms with Gasteiger partial charge >= 0.3 is 0 Å². The summed E-state index contributed by atoms with van der Waals surface area (Å²) in [5.41, 5.74) is 5.74. The molecule has 0 spiro atoms. The lowest BCUT2D eigenvalue weighted by atomic mass is 10.3. The quantitative estimate of drug-likeness (QED) is 0.270. The molecule has 1 rings (SSSR count). The number of hydrogen-bond donors (Lipinski definition) is 1. The van der Waals surface area contributed by atoms with Crippen molar-refractivity contribution in [3.8, 4) is 0 Å². The number of anilines is 1. The molecule has 0 fully saturated rings. The highest BCUT2D eigenvalue weighted by Crippen LogP contribution is 2.21. The van der Waals surface area contributed by atoms with Crippen molar-refractivity contribution in [1.82, 2.24) is 9.97 Å². The molecule has 0 aliphatic rings. The van der Waals surface area contributed by atoms with Gasteiger partial charge in [0.2, 0.25) is 5.95 Å². The maximum atomic E-state index is 6.09. The van der Waals surface area contributed by atoms with E-state index in [4.69, 9.17) is 17.3 Å². The first kappa shape index (κ1) is 21.7. The molecule has 22 heavy (non-hydrogen) atoms. The lowest BCUT2D eigenvalue weighted by molar-refractivity contribution is 0.663. The van der Waals surface area contributed by atoms with Gasteiger partial charge in [0.25, 0.3) is 0 Å². The van der Waals surface area contributed by atoms with Gasteiger partial charge in [-0.25, -0.2) is 9.98 Å². The van der Waals surface area contributed by atoms with E-state index in [0.29, 0.717) is 22.1 Å². The molecule has 0 atom stereocenters. The van der Waals surface area contributed by atoms with Gasteiger partial charge in [-0.05, 0) is 19.1 Å². The van der Waals surface area contributed by atoms with Gasteiger partial charge in [-0.2, -0.15) is 4.98 Å². The van der Waals surface area contributed by atoms with E-state index in [0.717, 1.165) is 38.8 Å². The Morgan fingerprint density at radius 2 is 1.86 bits per heavy atom. The molecule has 8 heteroatoms. The summed E-state index contributed by atoms with van der Waals surface area (Å²) >= 11 is 7.47. The average Bonchev–Trinajstić information content (AvgIpc) is 2.46. The predicted molar refractivity (Wildman–Crippen MR) is 109 cm³/mol. The number of halogens is 2. The summed E-state index contributed by atoms with van der Waals surface area (Å²) < 4.78 is 0. The molecular formula is C14H25ClIN5S. The molecule has 0 saturated heterocycles. The number of unbranched alkanes of at least 4 members (excludes halogenated alkanes) is 2. The van der Waals surface area contributed by atoms with Crippen LogP contribution in [0.25, 0.3) is 0 Å². The second-order valence-corrected chi connectivity index (χ2v) is 5.91. The molecular weight excluding hydrogens is 433 g/mol. The first-order chi connectivity index (χ1) is 10.1. The molecule has 0 aliphatic carbocycles. The monoisotopic (exact) mass is 457 g/mol. The molecule has 126 valence electrons. The number of hydrogen-bond acceptors (Lipinski definition) is 5. The fourth-order valence-electron chi connectivity index (χ4n) is 1.76. The number of thioether (sulfide) groups is 1. The lowest BCUT2D eigenvalue weighted by Crippen LogP contribution is -2.27. The van der Waals surface area contributed by atoms with E-state index >= 15 is 0 Å². The van der Waals surface area contributed by atoms with Crippen LogP contribution in [0.5, 0.6) is 0 Å². The number of nitrogens with zero attached hydrogens (tertiary/aromatic N) is 4. The molecule has 0 amide bonds. The van der Waals surface area contributed by atoms with Crippen LogP contribution in [0.4, 0.5) is 11.8 Å². The lowest BCUT2D eigenvalue weighted by Gasteiger charge is -2.22. The fourth-order valence-corrected chi connectivity index (χ4v) is 2.12. The second kappa shape index (κ2) is 12.2. The number of rotatable bonds is 8. The Hall–Kier alpha value is -0.280. The highest BCUT2D eigenvalue weighted by Gasteiger charge is 2.11. The molecule has 0 saturated carbocycles. The smallest absolute Gasteiger partial charge is 0.228 e. The second-order valence-electron chi connectivity index (χ2n) is 4.70. The molecule has 2 N–H and O–H groups in total. The van der Waals surface area contributed by atoms with Crippen molar-refractivity contribution in [3.05, 3.63) is 11.2 Å². The van der Waals surface area contributed by atoms with Crippen molar-refractivity contribution in [3.63, 3.8) is 0 Å². The van der Waals surface area contributed by atoms with Crippen LogP contribution < -0.4 is 10.6 Å². The normalized spacial score (nSPS) is 11.2. The Kier molecular flexibility index (Phi) is 12.0. The fraction of sp³-hybridized carbons (Fsp3) is 0.643. The van der Waals surface area contributed by atoms with Crippen molar-refractivity contribution in [2.24, 2.45) is 10.7 Å². The molecule has 1 aromatic rings. The summed E-state index contributed by atoms with van der Waals surface area (Å²) in [6, 6.07) is 1.63. The van der Waals surface area contributed by atoms with Crippen LogP contribution in [0.2, 0.25) is 5.15 Å². The summed E-state index contributed by atoms with van der Waals surface area (Å²) in [5, 5.41) is 0.857. The van der Waals surface area contributed by atoms with Crippen molar-refractivity contribution in [1.29, 1.82) is 0 Å². The minimum atomic E-state index is 0. The number of aliphatic imine (C=N–C) groups is 1. The van der Waals surface area contributed by atoms with Crippen LogP contribution in [0.1, 0.15) is 39.5 Å². The van der Waals surface area contributed by atoms with Gasteiger partial charge in [0.05, 0.1) is 0 Å². The van der Waals surface area contributed by atoms with Crippen LogP contribution in [-0.4, -0.2) is 34.5 Å². The van der Waals surface area contributed by atoms with E-state index in [2.05, 4.69) is 33.7 Å². The number of aromatic nitrogens is 2. The summed E-state index contributed by atoms with van der Waals surface area (Å²) in [6.45, 7) is 6.20. The average molecular weight is 458 g/mol. The minimum Gasteiger partial charge on any atom is -0.378 e. The zero-order chi connectivity index (χ0) is 15.7. The molecule has 0 unspecified atom stereocenters. The van der Waals surface area contributed by atoms with E-state index in [1.54, 1.807) is 6.07 Å². The summed E-state index contributed by atoms with van der Waals surface area (Å²) in [6.07, 6.45) is 6.34. The third kappa shape index (κ3) is 7.82. The summed E-state index contributed by atoms with van der Waals surface area (Å²) in [5.74, 6) is 1.15. The standard InChI is InChI=1S/C14H24ClN5S.HI/c1-4-6-8-20(9-7-5-2)14-17-11(15)10-12(19-14)18-13(16)21-3;/h10H,4-9H2,1-3H3,(H2,16,17,18,19);1H.